The topological polar surface area (TPSA) is 59.4 Å². The number of esters is 1. The zero-order valence-corrected chi connectivity index (χ0v) is 11.6. The van der Waals surface area contributed by atoms with Crippen molar-refractivity contribution >= 4 is 5.97 Å². The van der Waals surface area contributed by atoms with E-state index >= 15 is 0 Å². The second-order valence-electron chi connectivity index (χ2n) is 5.64. The number of aliphatic hydroxyl groups is 1. The fourth-order valence-electron chi connectivity index (χ4n) is 1.56. The molecule has 0 aliphatic heterocycles. The van der Waals surface area contributed by atoms with E-state index in [4.69, 9.17) is 4.74 Å². The summed E-state index contributed by atoms with van der Waals surface area (Å²) >= 11 is 0. The predicted molar refractivity (Wildman–Crippen MR) is 68.8 cm³/mol. The van der Waals surface area contributed by atoms with Crippen LogP contribution in [0.1, 0.15) is 40.2 Å². The summed E-state index contributed by atoms with van der Waals surface area (Å²) < 4.78 is 5.29. The zero-order valence-electron chi connectivity index (χ0n) is 11.6. The van der Waals surface area contributed by atoms with Gasteiger partial charge in [0.1, 0.15) is 5.60 Å². The van der Waals surface area contributed by atoms with Crippen LogP contribution in [-0.2, 0) is 15.1 Å². The van der Waals surface area contributed by atoms with Crippen LogP contribution in [0.25, 0.3) is 0 Å². The Morgan fingerprint density at radius 1 is 1.28 bits per heavy atom. The number of hydrogen-bond acceptors (Lipinski definition) is 4. The predicted octanol–water partition coefficient (Wildman–Crippen LogP) is 2.27. The van der Waals surface area contributed by atoms with Crippen molar-refractivity contribution in [3.8, 4) is 0 Å². The minimum absolute atomic E-state index is 0.413. The number of aromatic nitrogens is 1. The molecule has 1 heterocycles. The quantitative estimate of drug-likeness (QED) is 0.837. The van der Waals surface area contributed by atoms with Gasteiger partial charge in [0, 0.05) is 12.4 Å². The lowest BCUT2D eigenvalue weighted by Crippen LogP contribution is -2.39. The van der Waals surface area contributed by atoms with Crippen LogP contribution in [0, 0.1) is 5.92 Å². The third-order valence-electron chi connectivity index (χ3n) is 2.87. The number of carbonyl (C=O) groups is 1. The highest BCUT2D eigenvalue weighted by molar-refractivity contribution is 5.74. The molecular formula is C14H21NO3. The maximum absolute atomic E-state index is 12.0. The van der Waals surface area contributed by atoms with E-state index in [-0.39, 0.29) is 0 Å². The molecule has 4 heteroatoms. The molecule has 0 fully saturated rings. The fraction of sp³-hybridized carbons (Fsp3) is 0.571. The lowest BCUT2D eigenvalue weighted by atomic mass is 9.84. The Kier molecular flexibility index (Phi) is 4.12. The molecule has 18 heavy (non-hydrogen) atoms. The van der Waals surface area contributed by atoms with Gasteiger partial charge in [-0.05, 0) is 52.3 Å². The maximum Gasteiger partial charge on any atom is 0.312 e. The Bertz CT molecular complexity index is 407. The van der Waals surface area contributed by atoms with Crippen molar-refractivity contribution in [2.75, 3.05) is 0 Å². The average molecular weight is 251 g/mol. The molecule has 0 spiro atoms. The van der Waals surface area contributed by atoms with E-state index in [1.807, 2.05) is 0 Å². The molecule has 0 aromatic carbocycles. The van der Waals surface area contributed by atoms with Crippen molar-refractivity contribution in [2.24, 2.45) is 5.92 Å². The number of nitrogens with zero attached hydrogens (tertiary/aromatic N) is 1. The Morgan fingerprint density at radius 3 is 2.22 bits per heavy atom. The first-order valence-electron chi connectivity index (χ1n) is 6.00. The summed E-state index contributed by atoms with van der Waals surface area (Å²) in [5.74, 6) is -1.07. The third kappa shape index (κ3) is 3.53. The van der Waals surface area contributed by atoms with Gasteiger partial charge in [-0.1, -0.05) is 0 Å². The molecule has 0 bridgehead atoms. The van der Waals surface area contributed by atoms with Crippen molar-refractivity contribution < 1.29 is 14.6 Å². The second kappa shape index (κ2) is 5.06. The minimum atomic E-state index is -1.27. The van der Waals surface area contributed by atoms with Gasteiger partial charge in [-0.15, -0.1) is 0 Å². The average Bonchev–Trinajstić information content (AvgIpc) is 2.27. The zero-order chi connectivity index (χ0) is 14.0. The van der Waals surface area contributed by atoms with Gasteiger partial charge < -0.3 is 9.84 Å². The van der Waals surface area contributed by atoms with Crippen molar-refractivity contribution in [3.05, 3.63) is 30.1 Å². The van der Waals surface area contributed by atoms with E-state index in [0.29, 0.717) is 5.56 Å². The lowest BCUT2D eigenvalue weighted by molar-refractivity contribution is -0.168. The van der Waals surface area contributed by atoms with Gasteiger partial charge in [-0.3, -0.25) is 9.78 Å². The van der Waals surface area contributed by atoms with Crippen molar-refractivity contribution in [2.45, 2.75) is 45.8 Å². The summed E-state index contributed by atoms with van der Waals surface area (Å²) in [7, 11) is 0. The molecule has 0 saturated heterocycles. The molecule has 1 aromatic heterocycles. The highest BCUT2D eigenvalue weighted by atomic mass is 16.6. The Morgan fingerprint density at radius 2 is 1.78 bits per heavy atom. The standard InChI is InChI=1S/C14H21NO3/c1-10(12(16)18-13(2,3)4)14(5,17)11-6-8-15-9-7-11/h6-10,17H,1-5H3. The highest BCUT2D eigenvalue weighted by Gasteiger charge is 2.37. The highest BCUT2D eigenvalue weighted by Crippen LogP contribution is 2.30. The number of hydrogen-bond donors (Lipinski definition) is 1. The number of carbonyl (C=O) groups excluding carboxylic acids is 1. The molecule has 4 nitrogen and oxygen atoms in total. The van der Waals surface area contributed by atoms with Gasteiger partial charge in [0.2, 0.25) is 0 Å². The van der Waals surface area contributed by atoms with Crippen LogP contribution in [0.2, 0.25) is 0 Å². The van der Waals surface area contributed by atoms with Crippen LogP contribution in [0.5, 0.6) is 0 Å². The molecule has 0 saturated carbocycles. The Hall–Kier alpha value is -1.42. The van der Waals surface area contributed by atoms with Crippen LogP contribution in [-0.4, -0.2) is 21.7 Å². The number of rotatable bonds is 3. The molecule has 0 aliphatic rings. The van der Waals surface area contributed by atoms with Crippen molar-refractivity contribution in [3.63, 3.8) is 0 Å². The molecule has 1 N–H and O–H groups in total. The first-order chi connectivity index (χ1) is 8.14. The monoisotopic (exact) mass is 251 g/mol. The van der Waals surface area contributed by atoms with Crippen LogP contribution in [0.4, 0.5) is 0 Å². The molecule has 2 unspecified atom stereocenters. The molecule has 0 aliphatic carbocycles. The van der Waals surface area contributed by atoms with Gasteiger partial charge in [-0.2, -0.15) is 0 Å². The lowest BCUT2D eigenvalue weighted by Gasteiger charge is -2.31. The van der Waals surface area contributed by atoms with Crippen LogP contribution >= 0.6 is 0 Å². The van der Waals surface area contributed by atoms with Crippen LogP contribution in [0.3, 0.4) is 0 Å². The first kappa shape index (κ1) is 14.6. The van der Waals surface area contributed by atoms with Crippen molar-refractivity contribution in [1.82, 2.24) is 4.98 Å². The smallest absolute Gasteiger partial charge is 0.312 e. The van der Waals surface area contributed by atoms with E-state index < -0.39 is 23.1 Å². The number of pyridine rings is 1. The summed E-state index contributed by atoms with van der Waals surface area (Å²) in [4.78, 5) is 15.9. The molecule has 100 valence electrons. The van der Waals surface area contributed by atoms with Crippen LogP contribution in [0.15, 0.2) is 24.5 Å². The van der Waals surface area contributed by atoms with E-state index in [9.17, 15) is 9.90 Å². The van der Waals surface area contributed by atoms with E-state index in [0.717, 1.165) is 0 Å². The third-order valence-corrected chi connectivity index (χ3v) is 2.87. The largest absolute Gasteiger partial charge is 0.460 e. The summed E-state index contributed by atoms with van der Waals surface area (Å²) in [5.41, 5.74) is -1.18. The van der Waals surface area contributed by atoms with Gasteiger partial charge in [0.05, 0.1) is 11.5 Å². The van der Waals surface area contributed by atoms with Gasteiger partial charge >= 0.3 is 5.97 Å². The normalized spacial score (nSPS) is 16.8. The Labute approximate surface area is 108 Å². The second-order valence-corrected chi connectivity index (χ2v) is 5.64. The minimum Gasteiger partial charge on any atom is -0.460 e. The summed E-state index contributed by atoms with van der Waals surface area (Å²) in [6.07, 6.45) is 3.18. The van der Waals surface area contributed by atoms with Crippen molar-refractivity contribution in [1.29, 1.82) is 0 Å². The van der Waals surface area contributed by atoms with Gasteiger partial charge in [0.25, 0.3) is 0 Å². The summed E-state index contributed by atoms with van der Waals surface area (Å²) in [6.45, 7) is 8.68. The van der Waals surface area contributed by atoms with E-state index in [1.54, 1.807) is 59.1 Å². The molecule has 1 rings (SSSR count). The number of ether oxygens (including phenoxy) is 1. The first-order valence-corrected chi connectivity index (χ1v) is 6.00. The SMILES string of the molecule is CC(C(=O)OC(C)(C)C)C(C)(O)c1ccncc1. The van der Waals surface area contributed by atoms with Crippen LogP contribution < -0.4 is 0 Å². The molecule has 2 atom stereocenters. The Balaban J connectivity index is 2.89. The summed E-state index contributed by atoms with van der Waals surface area (Å²) in [6, 6.07) is 3.39. The van der Waals surface area contributed by atoms with Gasteiger partial charge in [0.15, 0.2) is 0 Å². The molecular weight excluding hydrogens is 230 g/mol. The molecule has 0 radical (unpaired) electrons. The summed E-state index contributed by atoms with van der Waals surface area (Å²) in [5, 5.41) is 10.5. The fourth-order valence-corrected chi connectivity index (χ4v) is 1.56. The van der Waals surface area contributed by atoms with E-state index in [2.05, 4.69) is 4.98 Å². The molecule has 1 aromatic rings. The van der Waals surface area contributed by atoms with E-state index in [1.165, 1.54) is 0 Å². The van der Waals surface area contributed by atoms with Gasteiger partial charge in [-0.25, -0.2) is 0 Å². The maximum atomic E-state index is 12.0. The molecule has 0 amide bonds.